The fraction of sp³-hybridized carbons (Fsp3) is 0. The molecule has 0 bridgehead atoms. The van der Waals surface area contributed by atoms with Crippen molar-refractivity contribution < 1.29 is 12.9 Å². The molecular weight excluding hydrogens is 180 g/mol. The predicted molar refractivity (Wildman–Crippen MR) is 44.3 cm³/mol. The van der Waals surface area contributed by atoms with Crippen molar-refractivity contribution in [2.45, 2.75) is 0 Å². The minimum absolute atomic E-state index is 0.140. The maximum absolute atomic E-state index is 12.3. The fourth-order valence-electron chi connectivity index (χ4n) is 0.991. The maximum Gasteiger partial charge on any atom is 0.511 e. The molecule has 13 heavy (non-hydrogen) atoms. The van der Waals surface area contributed by atoms with Crippen LogP contribution in [0.25, 0.3) is 0 Å². The molecule has 2 N–H and O–H groups in total. The highest BCUT2D eigenvalue weighted by molar-refractivity contribution is 6.74. The Morgan fingerprint density at radius 2 is 1.92 bits per heavy atom. The molecule has 0 atom stereocenters. The molecule has 0 saturated carbocycles. The molecule has 0 spiro atoms. The van der Waals surface area contributed by atoms with E-state index in [0.717, 1.165) is 6.07 Å². The van der Waals surface area contributed by atoms with E-state index in [1.165, 1.54) is 18.2 Å². The van der Waals surface area contributed by atoms with E-state index >= 15 is 0 Å². The summed E-state index contributed by atoms with van der Waals surface area (Å²) in [7, 11) is 0. The first-order valence-corrected chi connectivity index (χ1v) is 3.45. The lowest BCUT2D eigenvalue weighted by Crippen LogP contribution is -2.36. The van der Waals surface area contributed by atoms with Gasteiger partial charge in [-0.15, -0.1) is 0 Å². The van der Waals surface area contributed by atoms with Crippen LogP contribution < -0.4 is 11.2 Å². The second-order valence-corrected chi connectivity index (χ2v) is 2.50. The predicted octanol–water partition coefficient (Wildman–Crippen LogP) is 1.19. The molecular formula is C7H5BF3N2-. The van der Waals surface area contributed by atoms with E-state index in [-0.39, 0.29) is 5.69 Å². The van der Waals surface area contributed by atoms with Crippen LogP contribution in [0.5, 0.6) is 0 Å². The number of nitrogens with two attached hydrogens (primary N) is 1. The van der Waals surface area contributed by atoms with Crippen molar-refractivity contribution >= 4 is 18.1 Å². The lowest BCUT2D eigenvalue weighted by Gasteiger charge is -2.16. The van der Waals surface area contributed by atoms with Gasteiger partial charge >= 0.3 is 6.98 Å². The molecule has 0 aliphatic rings. The zero-order chi connectivity index (χ0) is 10.1. The van der Waals surface area contributed by atoms with Gasteiger partial charge in [0.05, 0.1) is 6.07 Å². The third-order valence-corrected chi connectivity index (χ3v) is 1.59. The Morgan fingerprint density at radius 3 is 2.31 bits per heavy atom. The van der Waals surface area contributed by atoms with Crippen LogP contribution in [0.1, 0.15) is 5.56 Å². The molecule has 0 unspecified atom stereocenters. The van der Waals surface area contributed by atoms with Crippen LogP contribution in [0.3, 0.4) is 0 Å². The first-order valence-electron chi connectivity index (χ1n) is 3.45. The van der Waals surface area contributed by atoms with Crippen LogP contribution >= 0.6 is 0 Å². The number of rotatable bonds is 1. The Hall–Kier alpha value is -1.64. The molecule has 0 radical (unpaired) electrons. The van der Waals surface area contributed by atoms with Crippen LogP contribution in [0.15, 0.2) is 18.2 Å². The molecule has 0 aliphatic carbocycles. The lowest BCUT2D eigenvalue weighted by atomic mass is 9.76. The molecule has 1 aromatic rings. The smallest absolute Gasteiger partial charge is 0.445 e. The number of nitriles is 1. The van der Waals surface area contributed by atoms with Gasteiger partial charge in [0, 0.05) is 11.3 Å². The van der Waals surface area contributed by atoms with E-state index in [2.05, 4.69) is 0 Å². The minimum atomic E-state index is -5.16. The second kappa shape index (κ2) is 3.01. The van der Waals surface area contributed by atoms with E-state index < -0.39 is 18.0 Å². The molecule has 0 aliphatic heterocycles. The Balaban J connectivity index is 3.40. The highest BCUT2D eigenvalue weighted by Gasteiger charge is 2.28. The average molecular weight is 185 g/mol. The number of hydrogen-bond donors (Lipinski definition) is 1. The fourth-order valence-corrected chi connectivity index (χ4v) is 0.991. The molecule has 0 fully saturated rings. The Kier molecular flexibility index (Phi) is 2.19. The van der Waals surface area contributed by atoms with Crippen molar-refractivity contribution in [1.29, 1.82) is 5.26 Å². The normalized spacial score (nSPS) is 10.9. The summed E-state index contributed by atoms with van der Waals surface area (Å²) < 4.78 is 36.8. The molecule has 0 heterocycles. The minimum Gasteiger partial charge on any atom is -0.445 e. The SMILES string of the molecule is N#Cc1c(N)cccc1[B-](F)(F)F. The van der Waals surface area contributed by atoms with Gasteiger partial charge in [-0.05, 0) is 6.07 Å². The summed E-state index contributed by atoms with van der Waals surface area (Å²) in [5.41, 5.74) is 3.66. The monoisotopic (exact) mass is 185 g/mol. The Morgan fingerprint density at radius 1 is 1.31 bits per heavy atom. The first-order chi connectivity index (χ1) is 5.96. The Bertz CT molecular complexity index is 367. The van der Waals surface area contributed by atoms with E-state index in [9.17, 15) is 12.9 Å². The summed E-state index contributed by atoms with van der Waals surface area (Å²) in [5, 5.41) is 8.44. The van der Waals surface area contributed by atoms with Gasteiger partial charge < -0.3 is 18.7 Å². The zero-order valence-electron chi connectivity index (χ0n) is 6.47. The largest absolute Gasteiger partial charge is 0.511 e. The van der Waals surface area contributed by atoms with E-state index in [1.54, 1.807) is 0 Å². The summed E-state index contributed by atoms with van der Waals surface area (Å²) in [4.78, 5) is 0. The molecule has 68 valence electrons. The van der Waals surface area contributed by atoms with Crippen LogP contribution in [-0.2, 0) is 0 Å². The van der Waals surface area contributed by atoms with Crippen molar-refractivity contribution in [2.24, 2.45) is 0 Å². The van der Waals surface area contributed by atoms with Crippen LogP contribution in [0.4, 0.5) is 18.6 Å². The van der Waals surface area contributed by atoms with Crippen LogP contribution in [0, 0.1) is 11.3 Å². The van der Waals surface area contributed by atoms with Gasteiger partial charge in [-0.25, -0.2) is 0 Å². The van der Waals surface area contributed by atoms with Crippen LogP contribution in [-0.4, -0.2) is 6.98 Å². The quantitative estimate of drug-likeness (QED) is 0.527. The highest BCUT2D eigenvalue weighted by atomic mass is 19.4. The van der Waals surface area contributed by atoms with Gasteiger partial charge in [0.25, 0.3) is 0 Å². The van der Waals surface area contributed by atoms with E-state index in [4.69, 9.17) is 11.0 Å². The number of anilines is 1. The standard InChI is InChI=1S/C7H5BF3N2/c9-8(10,11)6-2-1-3-7(13)5(6)4-12/h1-3H,13H2/q-1. The number of hydrogen-bond acceptors (Lipinski definition) is 2. The Labute approximate surface area is 72.8 Å². The van der Waals surface area contributed by atoms with E-state index in [1.807, 2.05) is 0 Å². The topological polar surface area (TPSA) is 49.8 Å². The van der Waals surface area contributed by atoms with Gasteiger partial charge in [0.1, 0.15) is 0 Å². The van der Waals surface area contributed by atoms with Crippen molar-refractivity contribution in [3.63, 3.8) is 0 Å². The second-order valence-electron chi connectivity index (χ2n) is 2.50. The number of nitrogen functional groups attached to an aromatic ring is 1. The number of halogens is 3. The third-order valence-electron chi connectivity index (χ3n) is 1.59. The van der Waals surface area contributed by atoms with E-state index in [0.29, 0.717) is 0 Å². The van der Waals surface area contributed by atoms with Gasteiger partial charge in [-0.1, -0.05) is 17.6 Å². The molecule has 2 nitrogen and oxygen atoms in total. The summed E-state index contributed by atoms with van der Waals surface area (Å²) in [5.74, 6) is 0. The van der Waals surface area contributed by atoms with Crippen LogP contribution in [0.2, 0.25) is 0 Å². The van der Waals surface area contributed by atoms with Gasteiger partial charge in [0.15, 0.2) is 0 Å². The number of nitrogens with zero attached hydrogens (tertiary/aromatic N) is 1. The van der Waals surface area contributed by atoms with Gasteiger partial charge in [-0.3, -0.25) is 0 Å². The molecule has 0 aromatic heterocycles. The van der Waals surface area contributed by atoms with Crippen molar-refractivity contribution in [3.05, 3.63) is 23.8 Å². The molecule has 1 rings (SSSR count). The third kappa shape index (κ3) is 1.75. The lowest BCUT2D eigenvalue weighted by molar-refractivity contribution is 0.501. The van der Waals surface area contributed by atoms with Crippen molar-refractivity contribution in [1.82, 2.24) is 0 Å². The van der Waals surface area contributed by atoms with Gasteiger partial charge in [-0.2, -0.15) is 5.26 Å². The first kappa shape index (κ1) is 9.45. The summed E-state index contributed by atoms with van der Waals surface area (Å²) in [6.45, 7) is -5.16. The maximum atomic E-state index is 12.3. The summed E-state index contributed by atoms with van der Waals surface area (Å²) in [6, 6.07) is 4.75. The molecule has 0 amide bonds. The highest BCUT2D eigenvalue weighted by Crippen LogP contribution is 2.15. The zero-order valence-corrected chi connectivity index (χ0v) is 6.47. The molecule has 6 heteroatoms. The molecule has 0 saturated heterocycles. The summed E-state index contributed by atoms with van der Waals surface area (Å²) >= 11 is 0. The van der Waals surface area contributed by atoms with Gasteiger partial charge in [0.2, 0.25) is 0 Å². The van der Waals surface area contributed by atoms with Crippen molar-refractivity contribution in [3.8, 4) is 6.07 Å². The van der Waals surface area contributed by atoms with Crippen molar-refractivity contribution in [2.75, 3.05) is 5.73 Å². The molecule has 1 aromatic carbocycles. The average Bonchev–Trinajstić information content (AvgIpc) is 2.02. The number of benzene rings is 1. The summed E-state index contributed by atoms with van der Waals surface area (Å²) in [6.07, 6.45) is 0.